The van der Waals surface area contributed by atoms with Crippen molar-refractivity contribution in [2.75, 3.05) is 4.90 Å². The summed E-state index contributed by atoms with van der Waals surface area (Å²) in [5, 5.41) is 13.3. The largest absolute Gasteiger partial charge is 0.371 e. The predicted molar refractivity (Wildman–Crippen MR) is 66.8 cm³/mol. The molecule has 4 nitrogen and oxygen atoms in total. The van der Waals surface area contributed by atoms with E-state index in [0.29, 0.717) is 12.1 Å². The van der Waals surface area contributed by atoms with Gasteiger partial charge in [0.15, 0.2) is 0 Å². The third-order valence-corrected chi connectivity index (χ3v) is 2.92. The van der Waals surface area contributed by atoms with E-state index in [1.807, 2.05) is 44.2 Å². The lowest BCUT2D eigenvalue weighted by molar-refractivity contribution is 0.0167. The van der Waals surface area contributed by atoms with E-state index in [2.05, 4.69) is 5.32 Å². The quantitative estimate of drug-likeness (QED) is 0.781. The van der Waals surface area contributed by atoms with Crippen molar-refractivity contribution in [3.8, 4) is 0 Å². The van der Waals surface area contributed by atoms with Gasteiger partial charge in [0.25, 0.3) is 0 Å². The van der Waals surface area contributed by atoms with E-state index in [0.717, 1.165) is 0 Å². The summed E-state index contributed by atoms with van der Waals surface area (Å²) in [7, 11) is 0. The lowest BCUT2D eigenvalue weighted by Gasteiger charge is -2.47. The fourth-order valence-electron chi connectivity index (χ4n) is 2.50. The Morgan fingerprint density at radius 1 is 1.24 bits per heavy atom. The van der Waals surface area contributed by atoms with Crippen LogP contribution in [0.5, 0.6) is 0 Å². The number of carbonyl (C=O) groups is 1. The molecule has 1 aliphatic rings. The molecule has 0 unspecified atom stereocenters. The average molecular weight is 234 g/mol. The van der Waals surface area contributed by atoms with E-state index in [1.54, 1.807) is 6.92 Å². The zero-order valence-corrected chi connectivity index (χ0v) is 10.4. The van der Waals surface area contributed by atoms with Gasteiger partial charge in [0, 0.05) is 17.6 Å². The van der Waals surface area contributed by atoms with E-state index in [-0.39, 0.29) is 6.03 Å². The standard InChI is InChI=1S/C13H18N2O2/c1-12(2)9-13(3,17)15(11(16)14-12)10-7-5-4-6-8-10/h4-8,17H,9H2,1-3H3,(H,14,16)/t13-/m1/s1. The van der Waals surface area contributed by atoms with Crippen LogP contribution in [0.4, 0.5) is 10.5 Å². The van der Waals surface area contributed by atoms with Crippen LogP contribution in [0.25, 0.3) is 0 Å². The van der Waals surface area contributed by atoms with Gasteiger partial charge in [0.2, 0.25) is 0 Å². The molecule has 1 heterocycles. The maximum atomic E-state index is 12.1. The maximum Gasteiger partial charge on any atom is 0.324 e. The van der Waals surface area contributed by atoms with Crippen LogP contribution in [0.1, 0.15) is 27.2 Å². The van der Waals surface area contributed by atoms with Crippen molar-refractivity contribution in [3.05, 3.63) is 30.3 Å². The molecular weight excluding hydrogens is 216 g/mol. The first kappa shape index (κ1) is 11.9. The van der Waals surface area contributed by atoms with Crippen LogP contribution in [0.3, 0.4) is 0 Å². The number of anilines is 1. The number of amides is 2. The molecule has 1 aromatic carbocycles. The van der Waals surface area contributed by atoms with Crippen molar-refractivity contribution in [1.29, 1.82) is 0 Å². The molecular formula is C13H18N2O2. The summed E-state index contributed by atoms with van der Waals surface area (Å²) in [4.78, 5) is 13.5. The first-order valence-electron chi connectivity index (χ1n) is 5.72. The molecule has 0 aromatic heterocycles. The second-order valence-corrected chi connectivity index (χ2v) is 5.38. The van der Waals surface area contributed by atoms with E-state index >= 15 is 0 Å². The van der Waals surface area contributed by atoms with Crippen LogP contribution in [0, 0.1) is 0 Å². The SMILES string of the molecule is CC1(C)C[C@@](C)(O)N(c2ccccc2)C(=O)N1. The Balaban J connectivity index is 2.38. The minimum atomic E-state index is -1.17. The molecule has 2 rings (SSSR count). The highest BCUT2D eigenvalue weighted by molar-refractivity contribution is 5.94. The summed E-state index contributed by atoms with van der Waals surface area (Å²) in [6.45, 7) is 5.48. The summed E-state index contributed by atoms with van der Waals surface area (Å²) in [5.41, 5.74) is -0.871. The summed E-state index contributed by atoms with van der Waals surface area (Å²) >= 11 is 0. The number of benzene rings is 1. The predicted octanol–water partition coefficient (Wildman–Crippen LogP) is 2.09. The van der Waals surface area contributed by atoms with Gasteiger partial charge in [-0.1, -0.05) is 18.2 Å². The number of hydrogen-bond donors (Lipinski definition) is 2. The zero-order valence-electron chi connectivity index (χ0n) is 10.4. The topological polar surface area (TPSA) is 52.6 Å². The number of para-hydroxylation sites is 1. The molecule has 1 aromatic rings. The second-order valence-electron chi connectivity index (χ2n) is 5.38. The lowest BCUT2D eigenvalue weighted by atomic mass is 9.90. The van der Waals surface area contributed by atoms with Crippen molar-refractivity contribution in [2.24, 2.45) is 0 Å². The third-order valence-electron chi connectivity index (χ3n) is 2.92. The lowest BCUT2D eigenvalue weighted by Crippen LogP contribution is -2.66. The Labute approximate surface area is 101 Å². The molecule has 1 fully saturated rings. The van der Waals surface area contributed by atoms with Gasteiger partial charge in [-0.15, -0.1) is 0 Å². The van der Waals surface area contributed by atoms with Crippen LogP contribution in [0.2, 0.25) is 0 Å². The van der Waals surface area contributed by atoms with Crippen molar-refractivity contribution in [2.45, 2.75) is 38.5 Å². The van der Waals surface area contributed by atoms with E-state index in [9.17, 15) is 9.90 Å². The highest BCUT2D eigenvalue weighted by Gasteiger charge is 2.45. The van der Waals surface area contributed by atoms with Crippen LogP contribution in [0.15, 0.2) is 30.3 Å². The van der Waals surface area contributed by atoms with E-state index < -0.39 is 11.3 Å². The zero-order chi connectivity index (χ0) is 12.7. The summed E-state index contributed by atoms with van der Waals surface area (Å²) in [6, 6.07) is 8.93. The fourth-order valence-corrected chi connectivity index (χ4v) is 2.50. The van der Waals surface area contributed by atoms with Crippen molar-refractivity contribution in [3.63, 3.8) is 0 Å². The molecule has 1 saturated heterocycles. The van der Waals surface area contributed by atoms with Gasteiger partial charge >= 0.3 is 6.03 Å². The molecule has 0 bridgehead atoms. The average Bonchev–Trinajstić information content (AvgIpc) is 2.14. The summed E-state index contributed by atoms with van der Waals surface area (Å²) in [6.07, 6.45) is 0.473. The molecule has 1 atom stereocenters. The first-order valence-corrected chi connectivity index (χ1v) is 5.72. The number of aliphatic hydroxyl groups is 1. The third kappa shape index (κ3) is 2.26. The van der Waals surface area contributed by atoms with Crippen LogP contribution < -0.4 is 10.2 Å². The van der Waals surface area contributed by atoms with Gasteiger partial charge in [0.05, 0.1) is 0 Å². The number of carbonyl (C=O) groups excluding carboxylic acids is 1. The van der Waals surface area contributed by atoms with E-state index in [1.165, 1.54) is 4.90 Å². The molecule has 0 aliphatic carbocycles. The first-order chi connectivity index (χ1) is 7.82. The Hall–Kier alpha value is -1.55. The monoisotopic (exact) mass is 234 g/mol. The molecule has 2 amide bonds. The van der Waals surface area contributed by atoms with Gasteiger partial charge in [-0.3, -0.25) is 4.90 Å². The molecule has 0 radical (unpaired) electrons. The molecule has 0 spiro atoms. The number of nitrogens with zero attached hydrogens (tertiary/aromatic N) is 1. The molecule has 2 N–H and O–H groups in total. The molecule has 17 heavy (non-hydrogen) atoms. The molecule has 0 saturated carbocycles. The van der Waals surface area contributed by atoms with Gasteiger partial charge < -0.3 is 10.4 Å². The van der Waals surface area contributed by atoms with Crippen molar-refractivity contribution >= 4 is 11.7 Å². The summed E-state index contributed by atoms with van der Waals surface area (Å²) < 4.78 is 0. The van der Waals surface area contributed by atoms with Gasteiger partial charge in [-0.25, -0.2) is 4.79 Å². The van der Waals surface area contributed by atoms with E-state index in [4.69, 9.17) is 0 Å². The van der Waals surface area contributed by atoms with Gasteiger partial charge in [0.1, 0.15) is 5.72 Å². The number of nitrogens with one attached hydrogen (secondary N) is 1. The molecule has 1 aliphatic heterocycles. The Kier molecular flexibility index (Phi) is 2.62. The molecule has 4 heteroatoms. The summed E-state index contributed by atoms with van der Waals surface area (Å²) in [5.74, 6) is 0. The minimum absolute atomic E-state index is 0.266. The van der Waals surface area contributed by atoms with Crippen LogP contribution >= 0.6 is 0 Å². The molecule has 92 valence electrons. The van der Waals surface area contributed by atoms with Crippen molar-refractivity contribution in [1.82, 2.24) is 5.32 Å². The maximum absolute atomic E-state index is 12.1. The second kappa shape index (κ2) is 3.74. The van der Waals surface area contributed by atoms with Crippen LogP contribution in [-0.4, -0.2) is 22.4 Å². The minimum Gasteiger partial charge on any atom is -0.371 e. The number of hydrogen-bond acceptors (Lipinski definition) is 2. The smallest absolute Gasteiger partial charge is 0.324 e. The highest BCUT2D eigenvalue weighted by Crippen LogP contribution is 2.33. The van der Waals surface area contributed by atoms with Gasteiger partial charge in [-0.05, 0) is 32.9 Å². The Bertz CT molecular complexity index is 426. The van der Waals surface area contributed by atoms with Crippen molar-refractivity contribution < 1.29 is 9.90 Å². The normalized spacial score (nSPS) is 27.8. The van der Waals surface area contributed by atoms with Crippen LogP contribution in [-0.2, 0) is 0 Å². The highest BCUT2D eigenvalue weighted by atomic mass is 16.3. The fraction of sp³-hybridized carbons (Fsp3) is 0.462. The van der Waals surface area contributed by atoms with Gasteiger partial charge in [-0.2, -0.15) is 0 Å². The Morgan fingerprint density at radius 2 is 1.82 bits per heavy atom. The Morgan fingerprint density at radius 3 is 2.35 bits per heavy atom. The number of urea groups is 1. The number of rotatable bonds is 1.